The van der Waals surface area contributed by atoms with Crippen LogP contribution in [0.15, 0.2) is 12.2 Å². The normalized spacial score (nSPS) is 10.5. The molecule has 0 heterocycles. The number of carboxylic acid groups (broad SMARTS) is 1. The van der Waals surface area contributed by atoms with Gasteiger partial charge in [-0.1, -0.05) is 12.2 Å². The molecule has 3 nitrogen and oxygen atoms in total. The van der Waals surface area contributed by atoms with Gasteiger partial charge in [0.1, 0.15) is 0 Å². The number of aliphatic hydroxyl groups is 1. The molecule has 0 spiro atoms. The Kier molecular flexibility index (Phi) is 5.77. The summed E-state index contributed by atoms with van der Waals surface area (Å²) in [4.78, 5) is 9.96. The summed E-state index contributed by atoms with van der Waals surface area (Å²) in [6, 6.07) is 0. The molecule has 0 unspecified atom stereocenters. The summed E-state index contributed by atoms with van der Waals surface area (Å²) >= 11 is 0. The fourth-order valence-corrected chi connectivity index (χ4v) is 0.564. The fraction of sp³-hybridized carbons (Fsp3) is 0.571. The van der Waals surface area contributed by atoms with Crippen LogP contribution in [0.2, 0.25) is 0 Å². The quantitative estimate of drug-likeness (QED) is 0.443. The summed E-state index contributed by atoms with van der Waals surface area (Å²) in [6.45, 7) is 0.0348. The van der Waals surface area contributed by atoms with Crippen molar-refractivity contribution in [3.05, 3.63) is 12.2 Å². The van der Waals surface area contributed by atoms with Gasteiger partial charge in [0.2, 0.25) is 0 Å². The van der Waals surface area contributed by atoms with Crippen LogP contribution in [0, 0.1) is 0 Å². The van der Waals surface area contributed by atoms with Crippen LogP contribution in [0.25, 0.3) is 0 Å². The molecule has 0 aromatic carbocycles. The van der Waals surface area contributed by atoms with Crippen LogP contribution in [0.1, 0.15) is 19.3 Å². The Morgan fingerprint density at radius 2 is 2.10 bits per heavy atom. The molecule has 0 aliphatic heterocycles. The van der Waals surface area contributed by atoms with E-state index >= 15 is 0 Å². The van der Waals surface area contributed by atoms with Gasteiger partial charge in [0.05, 0.1) is 6.61 Å². The molecule has 0 rings (SSSR count). The van der Waals surface area contributed by atoms with E-state index in [1.54, 1.807) is 12.2 Å². The first-order chi connectivity index (χ1) is 4.77. The standard InChI is InChI=1S/C7H12O3/c8-6-4-2-1-3-5-7(9)10/h2,4,8H,1,3,5-6H2,(H,9,10)/b4-2+. The molecule has 0 aliphatic carbocycles. The van der Waals surface area contributed by atoms with Gasteiger partial charge < -0.3 is 10.2 Å². The van der Waals surface area contributed by atoms with Crippen molar-refractivity contribution < 1.29 is 15.0 Å². The maximum Gasteiger partial charge on any atom is 0.303 e. The van der Waals surface area contributed by atoms with Crippen LogP contribution in [0.4, 0.5) is 0 Å². The number of rotatable bonds is 5. The highest BCUT2D eigenvalue weighted by atomic mass is 16.4. The van der Waals surface area contributed by atoms with Crippen LogP contribution in [-0.4, -0.2) is 22.8 Å². The van der Waals surface area contributed by atoms with Gasteiger partial charge in [-0.2, -0.15) is 0 Å². The van der Waals surface area contributed by atoms with E-state index in [1.165, 1.54) is 0 Å². The van der Waals surface area contributed by atoms with Crippen molar-refractivity contribution in [2.24, 2.45) is 0 Å². The van der Waals surface area contributed by atoms with E-state index < -0.39 is 5.97 Å². The van der Waals surface area contributed by atoms with E-state index in [0.29, 0.717) is 6.42 Å². The highest BCUT2D eigenvalue weighted by Gasteiger charge is 1.92. The van der Waals surface area contributed by atoms with Gasteiger partial charge in [0.25, 0.3) is 0 Å². The largest absolute Gasteiger partial charge is 0.481 e. The molecule has 3 heteroatoms. The van der Waals surface area contributed by atoms with Crippen molar-refractivity contribution in [2.45, 2.75) is 19.3 Å². The van der Waals surface area contributed by atoms with Crippen molar-refractivity contribution in [2.75, 3.05) is 6.61 Å². The van der Waals surface area contributed by atoms with Gasteiger partial charge in [-0.3, -0.25) is 4.79 Å². The number of aliphatic carboxylic acids is 1. The number of unbranched alkanes of at least 4 members (excludes halogenated alkanes) is 1. The Labute approximate surface area is 60.0 Å². The molecule has 0 aliphatic rings. The Bertz CT molecular complexity index is 118. The van der Waals surface area contributed by atoms with Crippen molar-refractivity contribution in [1.82, 2.24) is 0 Å². The summed E-state index contributed by atoms with van der Waals surface area (Å²) in [5.41, 5.74) is 0. The number of hydrogen-bond donors (Lipinski definition) is 2. The van der Waals surface area contributed by atoms with Gasteiger partial charge in [0, 0.05) is 6.42 Å². The maximum absolute atomic E-state index is 9.96. The lowest BCUT2D eigenvalue weighted by Gasteiger charge is -1.88. The second-order valence-electron chi connectivity index (χ2n) is 1.94. The van der Waals surface area contributed by atoms with E-state index in [1.807, 2.05) is 0 Å². The number of carbonyl (C=O) groups is 1. The number of carboxylic acids is 1. The predicted octanol–water partition coefficient (Wildman–Crippen LogP) is 0.790. The van der Waals surface area contributed by atoms with Crippen molar-refractivity contribution in [3.8, 4) is 0 Å². The minimum Gasteiger partial charge on any atom is -0.481 e. The monoisotopic (exact) mass is 144 g/mol. The van der Waals surface area contributed by atoms with Crippen LogP contribution >= 0.6 is 0 Å². The summed E-state index contributed by atoms with van der Waals surface area (Å²) in [5, 5.41) is 16.5. The average molecular weight is 144 g/mol. The molecule has 0 aromatic rings. The summed E-state index contributed by atoms with van der Waals surface area (Å²) < 4.78 is 0. The lowest BCUT2D eigenvalue weighted by Crippen LogP contribution is -1.92. The molecule has 0 saturated carbocycles. The number of allylic oxidation sites excluding steroid dienone is 1. The first-order valence-corrected chi connectivity index (χ1v) is 3.25. The molecule has 0 amide bonds. The molecular formula is C7H12O3. The number of hydrogen-bond acceptors (Lipinski definition) is 2. The molecule has 0 aromatic heterocycles. The maximum atomic E-state index is 9.96. The summed E-state index contributed by atoms with van der Waals surface area (Å²) in [6.07, 6.45) is 4.97. The van der Waals surface area contributed by atoms with Gasteiger partial charge in [-0.05, 0) is 12.8 Å². The summed E-state index contributed by atoms with van der Waals surface area (Å²) in [7, 11) is 0. The van der Waals surface area contributed by atoms with Gasteiger partial charge >= 0.3 is 5.97 Å². The second-order valence-corrected chi connectivity index (χ2v) is 1.94. The SMILES string of the molecule is O=C(O)CCC/C=C/CO. The first-order valence-electron chi connectivity index (χ1n) is 3.25. The number of aliphatic hydroxyl groups excluding tert-OH is 1. The Hall–Kier alpha value is -0.830. The van der Waals surface area contributed by atoms with Gasteiger partial charge in [-0.15, -0.1) is 0 Å². The Morgan fingerprint density at radius 3 is 2.60 bits per heavy atom. The van der Waals surface area contributed by atoms with Gasteiger partial charge in [0.15, 0.2) is 0 Å². The zero-order valence-corrected chi connectivity index (χ0v) is 5.79. The minimum absolute atomic E-state index is 0.0348. The van der Waals surface area contributed by atoms with Crippen LogP contribution in [0.5, 0.6) is 0 Å². The van der Waals surface area contributed by atoms with Crippen molar-refractivity contribution >= 4 is 5.97 Å². The van der Waals surface area contributed by atoms with E-state index in [-0.39, 0.29) is 13.0 Å². The van der Waals surface area contributed by atoms with E-state index in [4.69, 9.17) is 10.2 Å². The molecular weight excluding hydrogens is 132 g/mol. The molecule has 0 atom stereocenters. The molecule has 10 heavy (non-hydrogen) atoms. The average Bonchev–Trinajstić information content (AvgIpc) is 1.87. The molecule has 0 bridgehead atoms. The zero-order chi connectivity index (χ0) is 7.82. The third-order valence-electron chi connectivity index (χ3n) is 1.03. The van der Waals surface area contributed by atoms with E-state index in [9.17, 15) is 4.79 Å². The molecule has 0 saturated heterocycles. The lowest BCUT2D eigenvalue weighted by atomic mass is 10.2. The topological polar surface area (TPSA) is 57.5 Å². The first kappa shape index (κ1) is 9.17. The molecule has 0 radical (unpaired) electrons. The fourth-order valence-electron chi connectivity index (χ4n) is 0.564. The molecule has 58 valence electrons. The summed E-state index contributed by atoms with van der Waals surface area (Å²) in [5.74, 6) is -0.766. The van der Waals surface area contributed by atoms with Crippen LogP contribution in [-0.2, 0) is 4.79 Å². The highest BCUT2D eigenvalue weighted by molar-refractivity contribution is 5.66. The van der Waals surface area contributed by atoms with Crippen LogP contribution in [0.3, 0.4) is 0 Å². The molecule has 2 N–H and O–H groups in total. The third kappa shape index (κ3) is 7.17. The smallest absolute Gasteiger partial charge is 0.303 e. The van der Waals surface area contributed by atoms with Crippen LogP contribution < -0.4 is 0 Å². The Morgan fingerprint density at radius 1 is 1.40 bits per heavy atom. The van der Waals surface area contributed by atoms with Crippen molar-refractivity contribution in [1.29, 1.82) is 0 Å². The predicted molar refractivity (Wildman–Crippen MR) is 37.7 cm³/mol. The second kappa shape index (κ2) is 6.29. The molecule has 0 fully saturated rings. The highest BCUT2D eigenvalue weighted by Crippen LogP contribution is 1.95. The van der Waals surface area contributed by atoms with Crippen molar-refractivity contribution in [3.63, 3.8) is 0 Å². The zero-order valence-electron chi connectivity index (χ0n) is 5.79. The third-order valence-corrected chi connectivity index (χ3v) is 1.03. The lowest BCUT2D eigenvalue weighted by molar-refractivity contribution is -0.137. The van der Waals surface area contributed by atoms with E-state index in [0.717, 1.165) is 6.42 Å². The van der Waals surface area contributed by atoms with E-state index in [2.05, 4.69) is 0 Å². The Balaban J connectivity index is 3.05. The minimum atomic E-state index is -0.766. The van der Waals surface area contributed by atoms with Gasteiger partial charge in [-0.25, -0.2) is 0 Å².